The Morgan fingerprint density at radius 3 is 2.77 bits per heavy atom. The predicted molar refractivity (Wildman–Crippen MR) is 50.0 cm³/mol. The highest BCUT2D eigenvalue weighted by atomic mass is 16.6. The van der Waals surface area contributed by atoms with Crippen molar-refractivity contribution in [1.29, 1.82) is 0 Å². The zero-order chi connectivity index (χ0) is 9.26. The SMILES string of the molecule is C[C@H](N)[C@@H]1COc2ccccc2O1. The summed E-state index contributed by atoms with van der Waals surface area (Å²) in [5.74, 6) is 1.59. The van der Waals surface area contributed by atoms with E-state index in [1.54, 1.807) is 0 Å². The first-order valence-corrected chi connectivity index (χ1v) is 4.41. The number of fused-ring (bicyclic) bond motifs is 1. The predicted octanol–water partition coefficient (Wildman–Crippen LogP) is 1.17. The molecule has 0 aliphatic carbocycles. The van der Waals surface area contributed by atoms with Gasteiger partial charge in [0.2, 0.25) is 0 Å². The van der Waals surface area contributed by atoms with Crippen LogP contribution in [0.3, 0.4) is 0 Å². The van der Waals surface area contributed by atoms with Gasteiger partial charge in [-0.3, -0.25) is 0 Å². The average molecular weight is 179 g/mol. The minimum atomic E-state index is -0.0325. The summed E-state index contributed by atoms with van der Waals surface area (Å²) < 4.78 is 11.1. The number of rotatable bonds is 1. The molecule has 2 N–H and O–H groups in total. The van der Waals surface area contributed by atoms with E-state index < -0.39 is 0 Å². The second-order valence-corrected chi connectivity index (χ2v) is 3.27. The van der Waals surface area contributed by atoms with Gasteiger partial charge < -0.3 is 15.2 Å². The molecule has 70 valence electrons. The lowest BCUT2D eigenvalue weighted by Gasteiger charge is -2.28. The van der Waals surface area contributed by atoms with E-state index in [1.807, 2.05) is 31.2 Å². The van der Waals surface area contributed by atoms with Crippen LogP contribution in [0.4, 0.5) is 0 Å². The van der Waals surface area contributed by atoms with Crippen LogP contribution < -0.4 is 15.2 Å². The molecule has 2 atom stereocenters. The molecule has 3 nitrogen and oxygen atoms in total. The van der Waals surface area contributed by atoms with E-state index in [9.17, 15) is 0 Å². The molecule has 1 heterocycles. The fraction of sp³-hybridized carbons (Fsp3) is 0.400. The van der Waals surface area contributed by atoms with Crippen LogP contribution in [0.25, 0.3) is 0 Å². The fourth-order valence-corrected chi connectivity index (χ4v) is 1.29. The van der Waals surface area contributed by atoms with E-state index in [-0.39, 0.29) is 12.1 Å². The van der Waals surface area contributed by atoms with Gasteiger partial charge in [0.25, 0.3) is 0 Å². The molecule has 1 aromatic rings. The van der Waals surface area contributed by atoms with Crippen LogP contribution in [0, 0.1) is 0 Å². The Labute approximate surface area is 77.5 Å². The van der Waals surface area contributed by atoms with Crippen molar-refractivity contribution < 1.29 is 9.47 Å². The van der Waals surface area contributed by atoms with Crippen LogP contribution >= 0.6 is 0 Å². The Morgan fingerprint density at radius 1 is 1.38 bits per heavy atom. The first-order chi connectivity index (χ1) is 6.27. The molecule has 1 aromatic carbocycles. The summed E-state index contributed by atoms with van der Waals surface area (Å²) in [7, 11) is 0. The molecule has 0 aromatic heterocycles. The number of hydrogen-bond acceptors (Lipinski definition) is 3. The van der Waals surface area contributed by atoms with Gasteiger partial charge in [0.1, 0.15) is 12.7 Å². The van der Waals surface area contributed by atoms with Gasteiger partial charge in [-0.1, -0.05) is 12.1 Å². The van der Waals surface area contributed by atoms with E-state index in [2.05, 4.69) is 0 Å². The van der Waals surface area contributed by atoms with Crippen molar-refractivity contribution in [3.63, 3.8) is 0 Å². The fourth-order valence-electron chi connectivity index (χ4n) is 1.29. The Balaban J connectivity index is 2.20. The zero-order valence-corrected chi connectivity index (χ0v) is 7.57. The maximum Gasteiger partial charge on any atom is 0.161 e. The molecule has 0 saturated carbocycles. The minimum absolute atomic E-state index is 0.00615. The number of nitrogens with two attached hydrogens (primary N) is 1. The molecule has 0 unspecified atom stereocenters. The van der Waals surface area contributed by atoms with Crippen LogP contribution in [0.5, 0.6) is 11.5 Å². The first kappa shape index (κ1) is 8.38. The zero-order valence-electron chi connectivity index (χ0n) is 7.57. The second-order valence-electron chi connectivity index (χ2n) is 3.27. The summed E-state index contributed by atoms with van der Waals surface area (Å²) in [6.45, 7) is 2.46. The van der Waals surface area contributed by atoms with Gasteiger partial charge in [0, 0.05) is 6.04 Å². The number of ether oxygens (including phenoxy) is 2. The van der Waals surface area contributed by atoms with E-state index in [0.717, 1.165) is 11.5 Å². The number of hydrogen-bond donors (Lipinski definition) is 1. The summed E-state index contributed by atoms with van der Waals surface area (Å²) in [4.78, 5) is 0. The lowest BCUT2D eigenvalue weighted by atomic mass is 10.2. The van der Waals surface area contributed by atoms with Crippen LogP contribution in [0.2, 0.25) is 0 Å². The molecular weight excluding hydrogens is 166 g/mol. The smallest absolute Gasteiger partial charge is 0.161 e. The van der Waals surface area contributed by atoms with E-state index in [1.165, 1.54) is 0 Å². The van der Waals surface area contributed by atoms with Crippen LogP contribution in [-0.2, 0) is 0 Å². The highest BCUT2D eigenvalue weighted by Gasteiger charge is 2.23. The third kappa shape index (κ3) is 1.60. The molecule has 0 spiro atoms. The molecule has 0 bridgehead atoms. The molecular formula is C10H13NO2. The maximum absolute atomic E-state index is 5.72. The maximum atomic E-state index is 5.72. The van der Waals surface area contributed by atoms with Crippen LogP contribution in [0.15, 0.2) is 24.3 Å². The van der Waals surface area contributed by atoms with Gasteiger partial charge in [-0.2, -0.15) is 0 Å². The molecule has 1 aliphatic heterocycles. The molecule has 0 saturated heterocycles. The van der Waals surface area contributed by atoms with Gasteiger partial charge in [-0.05, 0) is 19.1 Å². The average Bonchev–Trinajstić information content (AvgIpc) is 2.17. The highest BCUT2D eigenvalue weighted by molar-refractivity contribution is 5.40. The summed E-state index contributed by atoms with van der Waals surface area (Å²) >= 11 is 0. The summed E-state index contributed by atoms with van der Waals surface area (Å²) in [6.07, 6.45) is -0.0325. The lowest BCUT2D eigenvalue weighted by molar-refractivity contribution is 0.0765. The Morgan fingerprint density at radius 2 is 2.08 bits per heavy atom. The van der Waals surface area contributed by atoms with Crippen molar-refractivity contribution in [2.45, 2.75) is 19.1 Å². The molecule has 0 radical (unpaired) electrons. The highest BCUT2D eigenvalue weighted by Crippen LogP contribution is 2.31. The Hall–Kier alpha value is -1.22. The van der Waals surface area contributed by atoms with Crippen LogP contribution in [0.1, 0.15) is 6.92 Å². The Bertz CT molecular complexity index is 299. The summed E-state index contributed by atoms with van der Waals surface area (Å²) in [5.41, 5.74) is 5.72. The number of benzene rings is 1. The largest absolute Gasteiger partial charge is 0.486 e. The van der Waals surface area contributed by atoms with Crippen molar-refractivity contribution in [1.82, 2.24) is 0 Å². The molecule has 0 amide bonds. The van der Waals surface area contributed by atoms with Gasteiger partial charge in [0.05, 0.1) is 0 Å². The van der Waals surface area contributed by atoms with Crippen molar-refractivity contribution >= 4 is 0 Å². The Kier molecular flexibility index (Phi) is 2.10. The van der Waals surface area contributed by atoms with Gasteiger partial charge in [0.15, 0.2) is 11.5 Å². The topological polar surface area (TPSA) is 44.5 Å². The van der Waals surface area contributed by atoms with Gasteiger partial charge in [-0.15, -0.1) is 0 Å². The standard InChI is InChI=1S/C10H13NO2/c1-7(11)10-6-12-8-4-2-3-5-9(8)13-10/h2-5,7,10H,6,11H2,1H3/t7-,10-/m0/s1. The van der Waals surface area contributed by atoms with Crippen molar-refractivity contribution in [2.75, 3.05) is 6.61 Å². The third-order valence-electron chi connectivity index (χ3n) is 2.12. The van der Waals surface area contributed by atoms with Crippen molar-refractivity contribution in [2.24, 2.45) is 5.73 Å². The van der Waals surface area contributed by atoms with Crippen LogP contribution in [-0.4, -0.2) is 18.8 Å². The minimum Gasteiger partial charge on any atom is -0.486 e. The molecule has 13 heavy (non-hydrogen) atoms. The lowest BCUT2D eigenvalue weighted by Crippen LogP contribution is -2.42. The van der Waals surface area contributed by atoms with E-state index in [0.29, 0.717) is 6.61 Å². The molecule has 3 heteroatoms. The van der Waals surface area contributed by atoms with Crippen molar-refractivity contribution in [3.8, 4) is 11.5 Å². The molecule has 1 aliphatic rings. The van der Waals surface area contributed by atoms with Gasteiger partial charge >= 0.3 is 0 Å². The summed E-state index contributed by atoms with van der Waals surface area (Å²) in [5, 5.41) is 0. The molecule has 0 fully saturated rings. The first-order valence-electron chi connectivity index (χ1n) is 4.41. The van der Waals surface area contributed by atoms with Crippen molar-refractivity contribution in [3.05, 3.63) is 24.3 Å². The second kappa shape index (κ2) is 3.26. The quantitative estimate of drug-likeness (QED) is 0.704. The third-order valence-corrected chi connectivity index (χ3v) is 2.12. The summed E-state index contributed by atoms with van der Waals surface area (Å²) in [6, 6.07) is 7.63. The normalized spacial score (nSPS) is 22.5. The van der Waals surface area contributed by atoms with E-state index >= 15 is 0 Å². The molecule has 2 rings (SSSR count). The monoisotopic (exact) mass is 179 g/mol. The number of para-hydroxylation sites is 2. The van der Waals surface area contributed by atoms with Gasteiger partial charge in [-0.25, -0.2) is 0 Å². The van der Waals surface area contributed by atoms with E-state index in [4.69, 9.17) is 15.2 Å².